The molecule has 3 aromatic rings. The molecule has 0 spiro atoms. The van der Waals surface area contributed by atoms with Gasteiger partial charge in [-0.15, -0.1) is 11.6 Å². The van der Waals surface area contributed by atoms with Crippen molar-refractivity contribution in [3.8, 4) is 0 Å². The van der Waals surface area contributed by atoms with E-state index in [1.54, 1.807) is 0 Å². The molecule has 0 aliphatic carbocycles. The zero-order chi connectivity index (χ0) is 15.0. The zero-order valence-electron chi connectivity index (χ0n) is 12.7. The SMILES string of the molecule is CCCC(C)(C)n1c(CCl)nc2cnc3ccccc3c21. The quantitative estimate of drug-likeness (QED) is 0.644. The Balaban J connectivity index is 2.42. The molecule has 110 valence electrons. The van der Waals surface area contributed by atoms with Crippen LogP contribution in [0.2, 0.25) is 0 Å². The van der Waals surface area contributed by atoms with Crippen LogP contribution in [0.4, 0.5) is 0 Å². The number of imidazole rings is 1. The summed E-state index contributed by atoms with van der Waals surface area (Å²) < 4.78 is 2.31. The van der Waals surface area contributed by atoms with Crippen molar-refractivity contribution in [3.63, 3.8) is 0 Å². The lowest BCUT2D eigenvalue weighted by Gasteiger charge is -2.29. The lowest BCUT2D eigenvalue weighted by atomic mass is 9.97. The van der Waals surface area contributed by atoms with Crippen molar-refractivity contribution in [2.75, 3.05) is 0 Å². The smallest absolute Gasteiger partial charge is 0.125 e. The predicted octanol–water partition coefficient (Wildman–Crippen LogP) is 4.86. The normalized spacial score (nSPS) is 12.4. The van der Waals surface area contributed by atoms with Gasteiger partial charge in [-0.2, -0.15) is 0 Å². The molecule has 0 aliphatic heterocycles. The molecule has 21 heavy (non-hydrogen) atoms. The molecule has 0 bridgehead atoms. The van der Waals surface area contributed by atoms with Crippen LogP contribution in [0.5, 0.6) is 0 Å². The summed E-state index contributed by atoms with van der Waals surface area (Å²) in [6.45, 7) is 6.71. The largest absolute Gasteiger partial charge is 0.321 e. The van der Waals surface area contributed by atoms with Crippen LogP contribution in [0.1, 0.15) is 39.4 Å². The van der Waals surface area contributed by atoms with E-state index in [1.165, 1.54) is 0 Å². The van der Waals surface area contributed by atoms with Crippen molar-refractivity contribution < 1.29 is 0 Å². The van der Waals surface area contributed by atoms with E-state index in [1.807, 2.05) is 24.4 Å². The molecule has 0 saturated carbocycles. The molecule has 4 heteroatoms. The van der Waals surface area contributed by atoms with Gasteiger partial charge in [0.05, 0.1) is 23.1 Å². The Morgan fingerprint density at radius 1 is 1.19 bits per heavy atom. The van der Waals surface area contributed by atoms with Gasteiger partial charge in [0, 0.05) is 10.9 Å². The summed E-state index contributed by atoms with van der Waals surface area (Å²) in [6, 6.07) is 8.22. The molecule has 2 heterocycles. The topological polar surface area (TPSA) is 30.7 Å². The summed E-state index contributed by atoms with van der Waals surface area (Å²) >= 11 is 6.16. The maximum absolute atomic E-state index is 6.16. The van der Waals surface area contributed by atoms with E-state index in [2.05, 4.69) is 36.4 Å². The molecule has 3 nitrogen and oxygen atoms in total. The second kappa shape index (κ2) is 5.30. The van der Waals surface area contributed by atoms with Crippen LogP contribution >= 0.6 is 11.6 Å². The van der Waals surface area contributed by atoms with E-state index in [-0.39, 0.29) is 5.54 Å². The highest BCUT2D eigenvalue weighted by atomic mass is 35.5. The maximum atomic E-state index is 6.16. The van der Waals surface area contributed by atoms with E-state index in [9.17, 15) is 0 Å². The molecule has 0 unspecified atom stereocenters. The first-order valence-corrected chi connectivity index (χ1v) is 7.93. The highest BCUT2D eigenvalue weighted by Gasteiger charge is 2.26. The minimum atomic E-state index is -0.0160. The number of hydrogen-bond acceptors (Lipinski definition) is 2. The molecule has 0 radical (unpaired) electrons. The van der Waals surface area contributed by atoms with E-state index in [4.69, 9.17) is 16.6 Å². The number of pyridine rings is 1. The van der Waals surface area contributed by atoms with E-state index in [0.29, 0.717) is 5.88 Å². The number of hydrogen-bond donors (Lipinski definition) is 0. The van der Waals surface area contributed by atoms with E-state index < -0.39 is 0 Å². The lowest BCUT2D eigenvalue weighted by molar-refractivity contribution is 0.326. The van der Waals surface area contributed by atoms with Crippen molar-refractivity contribution in [2.24, 2.45) is 0 Å². The minimum Gasteiger partial charge on any atom is -0.321 e. The zero-order valence-corrected chi connectivity index (χ0v) is 13.5. The first-order chi connectivity index (χ1) is 10.1. The predicted molar refractivity (Wildman–Crippen MR) is 88.8 cm³/mol. The summed E-state index contributed by atoms with van der Waals surface area (Å²) in [6.07, 6.45) is 4.06. The molecule has 0 amide bonds. The highest BCUT2D eigenvalue weighted by molar-refractivity contribution is 6.17. The molecule has 0 N–H and O–H groups in total. The third-order valence-electron chi connectivity index (χ3n) is 4.05. The summed E-state index contributed by atoms with van der Waals surface area (Å²) in [5, 5.41) is 1.14. The van der Waals surface area contributed by atoms with Crippen LogP contribution in [0.3, 0.4) is 0 Å². The van der Waals surface area contributed by atoms with Gasteiger partial charge in [0.1, 0.15) is 11.3 Å². The van der Waals surface area contributed by atoms with Gasteiger partial charge in [-0.1, -0.05) is 31.5 Å². The number of alkyl halides is 1. The third-order valence-corrected chi connectivity index (χ3v) is 4.28. The summed E-state index contributed by atoms with van der Waals surface area (Å²) in [5.74, 6) is 1.33. The number of rotatable bonds is 4. The van der Waals surface area contributed by atoms with Crippen LogP contribution in [0.25, 0.3) is 21.9 Å². The lowest BCUT2D eigenvalue weighted by Crippen LogP contribution is -2.27. The van der Waals surface area contributed by atoms with Crippen molar-refractivity contribution >= 4 is 33.5 Å². The maximum Gasteiger partial charge on any atom is 0.125 e. The van der Waals surface area contributed by atoms with Crippen LogP contribution in [0.15, 0.2) is 30.5 Å². The van der Waals surface area contributed by atoms with Gasteiger partial charge in [-0.05, 0) is 26.3 Å². The molecule has 0 aliphatic rings. The molecule has 1 aromatic carbocycles. The van der Waals surface area contributed by atoms with Crippen molar-refractivity contribution in [3.05, 3.63) is 36.3 Å². The number of aromatic nitrogens is 3. The average Bonchev–Trinajstić information content (AvgIpc) is 2.87. The highest BCUT2D eigenvalue weighted by Crippen LogP contribution is 2.33. The monoisotopic (exact) mass is 301 g/mol. The van der Waals surface area contributed by atoms with Gasteiger partial charge in [-0.3, -0.25) is 4.98 Å². The van der Waals surface area contributed by atoms with Crippen molar-refractivity contribution in [1.29, 1.82) is 0 Å². The Morgan fingerprint density at radius 2 is 1.95 bits per heavy atom. The molecule has 0 saturated heterocycles. The van der Waals surface area contributed by atoms with Gasteiger partial charge in [-0.25, -0.2) is 4.98 Å². The third kappa shape index (κ3) is 2.30. The average molecular weight is 302 g/mol. The number of halogens is 1. The molecular weight excluding hydrogens is 282 g/mol. The standard InChI is InChI=1S/C17H20ClN3/c1-4-9-17(2,3)21-15(10-18)20-14-11-19-13-8-6-5-7-12(13)16(14)21/h5-8,11H,4,9-10H2,1-3H3. The van der Waals surface area contributed by atoms with Crippen LogP contribution in [-0.2, 0) is 11.4 Å². The second-order valence-corrected chi connectivity index (χ2v) is 6.34. The summed E-state index contributed by atoms with van der Waals surface area (Å²) in [7, 11) is 0. The number of nitrogens with zero attached hydrogens (tertiary/aromatic N) is 3. The van der Waals surface area contributed by atoms with Crippen molar-refractivity contribution in [2.45, 2.75) is 45.0 Å². The minimum absolute atomic E-state index is 0.0160. The van der Waals surface area contributed by atoms with Gasteiger partial charge in [0.25, 0.3) is 0 Å². The summed E-state index contributed by atoms with van der Waals surface area (Å²) in [5.41, 5.74) is 3.06. The molecule has 0 fully saturated rings. The van der Waals surface area contributed by atoms with Gasteiger partial charge in [0.15, 0.2) is 0 Å². The Kier molecular flexibility index (Phi) is 3.62. The number of fused-ring (bicyclic) bond motifs is 3. The molecular formula is C17H20ClN3. The number of para-hydroxylation sites is 1. The first kappa shape index (κ1) is 14.3. The Labute approximate surface area is 130 Å². The molecule has 3 rings (SSSR count). The Bertz CT molecular complexity index is 789. The fraction of sp³-hybridized carbons (Fsp3) is 0.412. The summed E-state index contributed by atoms with van der Waals surface area (Å²) in [4.78, 5) is 9.21. The van der Waals surface area contributed by atoms with E-state index in [0.717, 1.165) is 40.6 Å². The van der Waals surface area contributed by atoms with Crippen LogP contribution < -0.4 is 0 Å². The van der Waals surface area contributed by atoms with E-state index >= 15 is 0 Å². The van der Waals surface area contributed by atoms with Gasteiger partial charge in [0.2, 0.25) is 0 Å². The second-order valence-electron chi connectivity index (χ2n) is 6.07. The fourth-order valence-electron chi connectivity index (χ4n) is 3.22. The van der Waals surface area contributed by atoms with Crippen molar-refractivity contribution in [1.82, 2.24) is 14.5 Å². The number of benzene rings is 1. The van der Waals surface area contributed by atoms with Gasteiger partial charge >= 0.3 is 0 Å². The fourth-order valence-corrected chi connectivity index (χ4v) is 3.40. The Hall–Kier alpha value is -1.61. The first-order valence-electron chi connectivity index (χ1n) is 7.40. The molecule has 2 aromatic heterocycles. The Morgan fingerprint density at radius 3 is 2.67 bits per heavy atom. The van der Waals surface area contributed by atoms with Crippen LogP contribution in [-0.4, -0.2) is 14.5 Å². The molecule has 0 atom stereocenters. The van der Waals surface area contributed by atoms with Crippen LogP contribution in [0, 0.1) is 0 Å². The van der Waals surface area contributed by atoms with Gasteiger partial charge < -0.3 is 4.57 Å².